The predicted octanol–water partition coefficient (Wildman–Crippen LogP) is 5.20. The first kappa shape index (κ1) is 19.7. The average Bonchev–Trinajstić information content (AvgIpc) is 2.74. The summed E-state index contributed by atoms with van der Waals surface area (Å²) in [5.41, 5.74) is 4.00. The van der Waals surface area contributed by atoms with Crippen LogP contribution in [0.2, 0.25) is 5.02 Å². The Bertz CT molecular complexity index is 1000. The summed E-state index contributed by atoms with van der Waals surface area (Å²) in [4.78, 5) is 24.3. The summed E-state index contributed by atoms with van der Waals surface area (Å²) < 4.78 is 0. The lowest BCUT2D eigenvalue weighted by Gasteiger charge is -2.31. The van der Waals surface area contributed by atoms with Gasteiger partial charge in [-0.05, 0) is 44.0 Å². The monoisotopic (exact) mass is 405 g/mol. The van der Waals surface area contributed by atoms with Crippen molar-refractivity contribution >= 4 is 17.4 Å². The molecule has 3 aromatic rings. The fourth-order valence-electron chi connectivity index (χ4n) is 3.95. The first-order valence-corrected chi connectivity index (χ1v) is 10.4. The summed E-state index contributed by atoms with van der Waals surface area (Å²) in [5.74, 6) is 0.942. The fraction of sp³-hybridized carbons (Fsp3) is 0.292. The number of hydrogen-bond acceptors (Lipinski definition) is 4. The lowest BCUT2D eigenvalue weighted by molar-refractivity contribution is 0.0811. The topological polar surface area (TPSA) is 46.1 Å². The maximum absolute atomic E-state index is 12.9. The minimum Gasteiger partial charge on any atom is -0.298 e. The maximum Gasteiger partial charge on any atom is 0.167 e. The van der Waals surface area contributed by atoms with E-state index in [9.17, 15) is 4.79 Å². The number of rotatable bonds is 5. The minimum absolute atomic E-state index is 0.00868. The van der Waals surface area contributed by atoms with Crippen molar-refractivity contribution in [1.29, 1.82) is 0 Å². The number of aromatic nitrogens is 2. The van der Waals surface area contributed by atoms with E-state index in [0.717, 1.165) is 49.4 Å². The standard InChI is InChI=1S/C24H24ClN3O/c1-17-6-2-3-10-22(17)24-26-13-18(14-27-24)15-28-11-5-8-20(16-28)23(29)19-7-4-9-21(25)12-19/h2-4,6-7,9-10,12-14,20H,5,8,11,15-16H2,1H3. The third kappa shape index (κ3) is 4.72. The summed E-state index contributed by atoms with van der Waals surface area (Å²) in [7, 11) is 0. The number of piperidine rings is 1. The van der Waals surface area contributed by atoms with Crippen molar-refractivity contribution in [3.8, 4) is 11.4 Å². The van der Waals surface area contributed by atoms with Crippen molar-refractivity contribution in [2.75, 3.05) is 13.1 Å². The predicted molar refractivity (Wildman–Crippen MR) is 116 cm³/mol. The molecule has 0 bridgehead atoms. The number of carbonyl (C=O) groups excluding carboxylic acids is 1. The van der Waals surface area contributed by atoms with Crippen LogP contribution in [-0.4, -0.2) is 33.7 Å². The number of halogens is 1. The van der Waals surface area contributed by atoms with E-state index < -0.39 is 0 Å². The second-order valence-corrected chi connectivity index (χ2v) is 8.12. The molecule has 0 N–H and O–H groups in total. The lowest BCUT2D eigenvalue weighted by atomic mass is 9.90. The fourth-order valence-corrected chi connectivity index (χ4v) is 4.14. The van der Waals surface area contributed by atoms with Crippen LogP contribution < -0.4 is 0 Å². The van der Waals surface area contributed by atoms with E-state index >= 15 is 0 Å². The molecule has 2 heterocycles. The summed E-state index contributed by atoms with van der Waals surface area (Å²) >= 11 is 6.05. The molecule has 0 amide bonds. The molecule has 5 heteroatoms. The van der Waals surface area contributed by atoms with Crippen molar-refractivity contribution in [2.24, 2.45) is 5.92 Å². The van der Waals surface area contributed by atoms with Gasteiger partial charge < -0.3 is 0 Å². The highest BCUT2D eigenvalue weighted by atomic mass is 35.5. The zero-order chi connectivity index (χ0) is 20.2. The number of likely N-dealkylation sites (tertiary alicyclic amines) is 1. The van der Waals surface area contributed by atoms with Gasteiger partial charge in [-0.3, -0.25) is 9.69 Å². The number of aryl methyl sites for hydroxylation is 1. The second-order valence-electron chi connectivity index (χ2n) is 7.68. The Morgan fingerprint density at radius 1 is 1.14 bits per heavy atom. The molecule has 4 rings (SSSR count). The summed E-state index contributed by atoms with van der Waals surface area (Å²) in [6, 6.07) is 15.4. The highest BCUT2D eigenvalue weighted by Crippen LogP contribution is 2.24. The van der Waals surface area contributed by atoms with Crippen LogP contribution in [0.15, 0.2) is 60.9 Å². The van der Waals surface area contributed by atoms with Crippen LogP contribution in [0.5, 0.6) is 0 Å². The van der Waals surface area contributed by atoms with E-state index in [1.54, 1.807) is 12.1 Å². The van der Waals surface area contributed by atoms with Crippen LogP contribution in [0.25, 0.3) is 11.4 Å². The Labute approximate surface area is 176 Å². The van der Waals surface area contributed by atoms with E-state index in [-0.39, 0.29) is 11.7 Å². The van der Waals surface area contributed by atoms with Gasteiger partial charge in [-0.1, -0.05) is 48.0 Å². The largest absolute Gasteiger partial charge is 0.298 e. The number of carbonyl (C=O) groups is 1. The number of hydrogen-bond donors (Lipinski definition) is 0. The molecule has 1 fully saturated rings. The molecule has 1 aromatic heterocycles. The zero-order valence-corrected chi connectivity index (χ0v) is 17.3. The highest BCUT2D eigenvalue weighted by molar-refractivity contribution is 6.31. The van der Waals surface area contributed by atoms with Crippen molar-refractivity contribution in [3.05, 3.63) is 82.6 Å². The van der Waals surface area contributed by atoms with Crippen LogP contribution in [0, 0.1) is 12.8 Å². The van der Waals surface area contributed by atoms with Gasteiger partial charge in [0.25, 0.3) is 0 Å². The van der Waals surface area contributed by atoms with Crippen molar-refractivity contribution in [2.45, 2.75) is 26.3 Å². The normalized spacial score (nSPS) is 17.2. The van der Waals surface area contributed by atoms with Gasteiger partial charge in [-0.25, -0.2) is 9.97 Å². The smallest absolute Gasteiger partial charge is 0.167 e. The Balaban J connectivity index is 1.42. The number of ketones is 1. The molecule has 4 nitrogen and oxygen atoms in total. The molecule has 0 aliphatic carbocycles. The van der Waals surface area contributed by atoms with E-state index in [1.807, 2.05) is 42.7 Å². The number of nitrogens with zero attached hydrogens (tertiary/aromatic N) is 3. The molecule has 1 unspecified atom stereocenters. The molecular weight excluding hydrogens is 382 g/mol. The van der Waals surface area contributed by atoms with Gasteiger partial charge in [-0.15, -0.1) is 0 Å². The van der Waals surface area contributed by atoms with Crippen LogP contribution in [0.1, 0.15) is 34.3 Å². The lowest BCUT2D eigenvalue weighted by Crippen LogP contribution is -2.38. The Kier molecular flexibility index (Phi) is 6.02. The van der Waals surface area contributed by atoms with E-state index in [4.69, 9.17) is 11.6 Å². The summed E-state index contributed by atoms with van der Waals surface area (Å²) in [6.07, 6.45) is 5.73. The van der Waals surface area contributed by atoms with Crippen LogP contribution in [0.4, 0.5) is 0 Å². The van der Waals surface area contributed by atoms with Crippen molar-refractivity contribution < 1.29 is 4.79 Å². The van der Waals surface area contributed by atoms with E-state index in [1.165, 1.54) is 5.56 Å². The van der Waals surface area contributed by atoms with E-state index in [2.05, 4.69) is 27.9 Å². The summed E-state index contributed by atoms with van der Waals surface area (Å²) in [6.45, 7) is 4.56. The molecule has 148 valence electrons. The van der Waals surface area contributed by atoms with Crippen molar-refractivity contribution in [3.63, 3.8) is 0 Å². The number of Topliss-reactive ketones (excluding diaryl/α,β-unsaturated/α-hetero) is 1. The molecule has 0 spiro atoms. The van der Waals surface area contributed by atoms with Gasteiger partial charge >= 0.3 is 0 Å². The van der Waals surface area contributed by atoms with Gasteiger partial charge in [0.15, 0.2) is 11.6 Å². The average molecular weight is 406 g/mol. The molecular formula is C24H24ClN3O. The Morgan fingerprint density at radius 3 is 2.69 bits per heavy atom. The van der Waals surface area contributed by atoms with Crippen molar-refractivity contribution in [1.82, 2.24) is 14.9 Å². The zero-order valence-electron chi connectivity index (χ0n) is 16.5. The first-order valence-electron chi connectivity index (χ1n) is 9.99. The maximum atomic E-state index is 12.9. The third-order valence-electron chi connectivity index (χ3n) is 5.48. The van der Waals surface area contributed by atoms with Crippen LogP contribution in [-0.2, 0) is 6.54 Å². The molecule has 1 atom stereocenters. The molecule has 1 saturated heterocycles. The minimum atomic E-state index is 0.00868. The number of benzene rings is 2. The van der Waals surface area contributed by atoms with Gasteiger partial charge in [0.2, 0.25) is 0 Å². The van der Waals surface area contributed by atoms with Crippen LogP contribution >= 0.6 is 11.6 Å². The highest BCUT2D eigenvalue weighted by Gasteiger charge is 2.26. The molecule has 0 radical (unpaired) electrons. The molecule has 1 aliphatic heterocycles. The molecule has 1 aliphatic rings. The van der Waals surface area contributed by atoms with Crippen LogP contribution in [0.3, 0.4) is 0 Å². The molecule has 0 saturated carbocycles. The summed E-state index contributed by atoms with van der Waals surface area (Å²) in [5, 5.41) is 0.606. The Hall–Kier alpha value is -2.56. The Morgan fingerprint density at radius 2 is 1.93 bits per heavy atom. The first-order chi connectivity index (χ1) is 14.1. The molecule has 2 aromatic carbocycles. The third-order valence-corrected chi connectivity index (χ3v) is 5.72. The van der Waals surface area contributed by atoms with Gasteiger partial charge in [0, 0.05) is 53.1 Å². The van der Waals surface area contributed by atoms with E-state index in [0.29, 0.717) is 10.6 Å². The SMILES string of the molecule is Cc1ccccc1-c1ncc(CN2CCCC(C(=O)c3cccc(Cl)c3)C2)cn1. The van der Waals surface area contributed by atoms with Gasteiger partial charge in [0.05, 0.1) is 0 Å². The quantitative estimate of drug-likeness (QED) is 0.547. The molecule has 29 heavy (non-hydrogen) atoms. The van der Waals surface area contributed by atoms with Gasteiger partial charge in [-0.2, -0.15) is 0 Å². The second kappa shape index (κ2) is 8.85. The van der Waals surface area contributed by atoms with Gasteiger partial charge in [0.1, 0.15) is 0 Å².